The third-order valence-electron chi connectivity index (χ3n) is 3.34. The molecule has 0 unspecified atom stereocenters. The maximum atomic E-state index is 11.5. The Labute approximate surface area is 139 Å². The van der Waals surface area contributed by atoms with Crippen molar-refractivity contribution >= 4 is 17.1 Å². The highest BCUT2D eigenvalue weighted by molar-refractivity contribution is 5.91. The van der Waals surface area contributed by atoms with Gasteiger partial charge in [0.1, 0.15) is 23.6 Å². The van der Waals surface area contributed by atoms with Crippen molar-refractivity contribution < 1.29 is 23.4 Å². The van der Waals surface area contributed by atoms with E-state index in [1.54, 1.807) is 18.2 Å². The van der Waals surface area contributed by atoms with Crippen molar-refractivity contribution in [1.29, 1.82) is 0 Å². The monoisotopic (exact) mass is 327 g/mol. The van der Waals surface area contributed by atoms with Gasteiger partial charge in [-0.1, -0.05) is 0 Å². The zero-order chi connectivity index (χ0) is 16.9. The molecule has 0 aliphatic rings. The Kier molecular flexibility index (Phi) is 4.65. The van der Waals surface area contributed by atoms with Gasteiger partial charge in [-0.25, -0.2) is 9.78 Å². The first-order chi connectivity index (χ1) is 11.7. The van der Waals surface area contributed by atoms with Gasteiger partial charge in [0.2, 0.25) is 5.76 Å². The van der Waals surface area contributed by atoms with E-state index in [4.69, 9.17) is 13.9 Å². The number of carbonyl (C=O) groups excluding carboxylic acids is 1. The molecule has 0 bridgehead atoms. The van der Waals surface area contributed by atoms with Crippen LogP contribution < -0.4 is 9.47 Å². The SMILES string of the molecule is CCOc1ccc(OCc2ccc3oc(C(=O)OC)cc3n2)cc1. The van der Waals surface area contributed by atoms with Crippen LogP contribution in [0.25, 0.3) is 11.1 Å². The molecule has 0 amide bonds. The molecule has 0 radical (unpaired) electrons. The molecule has 124 valence electrons. The van der Waals surface area contributed by atoms with E-state index in [1.807, 2.05) is 31.2 Å². The van der Waals surface area contributed by atoms with Gasteiger partial charge >= 0.3 is 5.97 Å². The smallest absolute Gasteiger partial charge is 0.374 e. The van der Waals surface area contributed by atoms with Crippen LogP contribution >= 0.6 is 0 Å². The molecule has 0 aliphatic heterocycles. The minimum atomic E-state index is -0.528. The van der Waals surface area contributed by atoms with Crippen molar-refractivity contribution in [1.82, 2.24) is 4.98 Å². The molecule has 0 N–H and O–H groups in total. The summed E-state index contributed by atoms with van der Waals surface area (Å²) in [5.41, 5.74) is 1.84. The molecule has 0 aliphatic carbocycles. The van der Waals surface area contributed by atoms with Crippen molar-refractivity contribution in [3.8, 4) is 11.5 Å². The van der Waals surface area contributed by atoms with E-state index in [0.29, 0.717) is 24.3 Å². The number of furan rings is 1. The fourth-order valence-corrected chi connectivity index (χ4v) is 2.20. The van der Waals surface area contributed by atoms with Gasteiger partial charge < -0.3 is 18.6 Å². The number of fused-ring (bicyclic) bond motifs is 1. The molecule has 0 saturated carbocycles. The summed E-state index contributed by atoms with van der Waals surface area (Å²) >= 11 is 0. The van der Waals surface area contributed by atoms with Crippen LogP contribution in [0.4, 0.5) is 0 Å². The first-order valence-electron chi connectivity index (χ1n) is 7.53. The van der Waals surface area contributed by atoms with Crippen LogP contribution in [0.1, 0.15) is 23.2 Å². The predicted molar refractivity (Wildman–Crippen MR) is 87.3 cm³/mol. The lowest BCUT2D eigenvalue weighted by atomic mass is 10.3. The van der Waals surface area contributed by atoms with E-state index >= 15 is 0 Å². The first-order valence-corrected chi connectivity index (χ1v) is 7.53. The summed E-state index contributed by atoms with van der Waals surface area (Å²) in [6, 6.07) is 12.5. The number of rotatable bonds is 6. The summed E-state index contributed by atoms with van der Waals surface area (Å²) in [5, 5.41) is 0. The second kappa shape index (κ2) is 7.04. The predicted octanol–water partition coefficient (Wildman–Crippen LogP) is 3.59. The molecule has 6 nitrogen and oxygen atoms in total. The summed E-state index contributed by atoms with van der Waals surface area (Å²) in [4.78, 5) is 15.9. The summed E-state index contributed by atoms with van der Waals surface area (Å²) in [6.45, 7) is 2.87. The Balaban J connectivity index is 1.69. The third kappa shape index (κ3) is 3.48. The average Bonchev–Trinajstić information content (AvgIpc) is 3.04. The standard InChI is InChI=1S/C18H17NO5/c1-3-22-13-5-7-14(8-6-13)23-11-12-4-9-16-15(19-12)10-17(24-16)18(20)21-2/h4-10H,3,11H2,1-2H3. The van der Waals surface area contributed by atoms with Crippen LogP contribution in [0.15, 0.2) is 46.9 Å². The van der Waals surface area contributed by atoms with E-state index in [1.165, 1.54) is 7.11 Å². The van der Waals surface area contributed by atoms with E-state index in [0.717, 1.165) is 17.2 Å². The fourth-order valence-electron chi connectivity index (χ4n) is 2.20. The largest absolute Gasteiger partial charge is 0.494 e. The molecular weight excluding hydrogens is 310 g/mol. The van der Waals surface area contributed by atoms with Gasteiger partial charge in [0.05, 0.1) is 19.4 Å². The molecule has 0 fully saturated rings. The number of esters is 1. The van der Waals surface area contributed by atoms with Gasteiger partial charge in [-0.2, -0.15) is 0 Å². The maximum Gasteiger partial charge on any atom is 0.374 e. The molecule has 3 aromatic rings. The Morgan fingerprint density at radius 3 is 2.46 bits per heavy atom. The highest BCUT2D eigenvalue weighted by Gasteiger charge is 2.13. The second-order valence-electron chi connectivity index (χ2n) is 4.98. The number of ether oxygens (including phenoxy) is 3. The number of carbonyl (C=O) groups is 1. The van der Waals surface area contributed by atoms with Crippen molar-refractivity contribution in [3.63, 3.8) is 0 Å². The number of pyridine rings is 1. The first kappa shape index (κ1) is 15.9. The number of nitrogens with zero attached hydrogens (tertiary/aromatic N) is 1. The summed E-state index contributed by atoms with van der Waals surface area (Å²) in [5.74, 6) is 1.13. The number of aromatic nitrogens is 1. The van der Waals surface area contributed by atoms with Crippen LogP contribution in [0.3, 0.4) is 0 Å². The summed E-state index contributed by atoms with van der Waals surface area (Å²) < 4.78 is 21.1. The third-order valence-corrected chi connectivity index (χ3v) is 3.34. The van der Waals surface area contributed by atoms with Gasteiger partial charge in [-0.3, -0.25) is 0 Å². The summed E-state index contributed by atoms with van der Waals surface area (Å²) in [7, 11) is 1.30. The number of benzene rings is 1. The Morgan fingerprint density at radius 1 is 1.08 bits per heavy atom. The molecule has 0 saturated heterocycles. The quantitative estimate of drug-likeness (QED) is 0.644. The molecular formula is C18H17NO5. The van der Waals surface area contributed by atoms with Gasteiger partial charge in [-0.05, 0) is 43.3 Å². The number of hydrogen-bond acceptors (Lipinski definition) is 6. The zero-order valence-corrected chi connectivity index (χ0v) is 13.4. The van der Waals surface area contributed by atoms with E-state index in [9.17, 15) is 4.79 Å². The minimum absolute atomic E-state index is 0.129. The lowest BCUT2D eigenvalue weighted by Crippen LogP contribution is -1.98. The Bertz CT molecular complexity index is 838. The minimum Gasteiger partial charge on any atom is -0.494 e. The molecule has 3 rings (SSSR count). The molecule has 2 aromatic heterocycles. The molecule has 2 heterocycles. The van der Waals surface area contributed by atoms with Gasteiger partial charge in [0.15, 0.2) is 5.58 Å². The van der Waals surface area contributed by atoms with Crippen LogP contribution in [0, 0.1) is 0 Å². The van der Waals surface area contributed by atoms with E-state index in [2.05, 4.69) is 9.72 Å². The lowest BCUT2D eigenvalue weighted by Gasteiger charge is -2.07. The van der Waals surface area contributed by atoms with Crippen LogP contribution in [-0.2, 0) is 11.3 Å². The van der Waals surface area contributed by atoms with Crippen molar-refractivity contribution in [3.05, 3.63) is 53.9 Å². The Morgan fingerprint density at radius 2 is 1.79 bits per heavy atom. The molecule has 0 spiro atoms. The Hall–Kier alpha value is -3.02. The molecule has 6 heteroatoms. The second-order valence-corrected chi connectivity index (χ2v) is 4.98. The summed E-state index contributed by atoms with van der Waals surface area (Å²) in [6.07, 6.45) is 0. The molecule has 0 atom stereocenters. The average molecular weight is 327 g/mol. The van der Waals surface area contributed by atoms with Crippen molar-refractivity contribution in [2.24, 2.45) is 0 Å². The van der Waals surface area contributed by atoms with Crippen molar-refractivity contribution in [2.75, 3.05) is 13.7 Å². The van der Waals surface area contributed by atoms with E-state index in [-0.39, 0.29) is 5.76 Å². The van der Waals surface area contributed by atoms with Gasteiger partial charge in [0, 0.05) is 6.07 Å². The normalized spacial score (nSPS) is 10.6. The topological polar surface area (TPSA) is 70.8 Å². The number of methoxy groups -OCH3 is 1. The molecule has 24 heavy (non-hydrogen) atoms. The van der Waals surface area contributed by atoms with Gasteiger partial charge in [0.25, 0.3) is 0 Å². The highest BCUT2D eigenvalue weighted by Crippen LogP contribution is 2.21. The van der Waals surface area contributed by atoms with Crippen LogP contribution in [-0.4, -0.2) is 24.7 Å². The van der Waals surface area contributed by atoms with E-state index < -0.39 is 5.97 Å². The highest BCUT2D eigenvalue weighted by atomic mass is 16.5. The molecule has 1 aromatic carbocycles. The van der Waals surface area contributed by atoms with Crippen molar-refractivity contribution in [2.45, 2.75) is 13.5 Å². The van der Waals surface area contributed by atoms with Gasteiger partial charge in [-0.15, -0.1) is 0 Å². The maximum absolute atomic E-state index is 11.5. The van der Waals surface area contributed by atoms with Crippen LogP contribution in [0.5, 0.6) is 11.5 Å². The number of hydrogen-bond donors (Lipinski definition) is 0. The lowest BCUT2D eigenvalue weighted by molar-refractivity contribution is 0.0567. The van der Waals surface area contributed by atoms with Crippen LogP contribution in [0.2, 0.25) is 0 Å². The zero-order valence-electron chi connectivity index (χ0n) is 13.4. The fraction of sp³-hybridized carbons (Fsp3) is 0.222.